The molecule has 1 aromatic carbocycles. The Hall–Kier alpha value is -2.61. The highest BCUT2D eigenvalue weighted by Gasteiger charge is 2.22. The predicted octanol–water partition coefficient (Wildman–Crippen LogP) is 2.39. The number of likely N-dealkylation sites (N-methyl/N-ethyl adjacent to an activating group) is 1. The molecule has 0 fully saturated rings. The Morgan fingerprint density at radius 2 is 2.25 bits per heavy atom. The SMILES string of the molecule is CC(CNC(=NCC(=O)N(C)C)NC1CCOc2ccccc21)c1nccs1. The van der Waals surface area contributed by atoms with Gasteiger partial charge in [0, 0.05) is 50.1 Å². The molecule has 7 nitrogen and oxygen atoms in total. The topological polar surface area (TPSA) is 78.9 Å². The number of rotatable bonds is 6. The molecule has 2 unspecified atom stereocenters. The third-order valence-corrected chi connectivity index (χ3v) is 5.60. The summed E-state index contributed by atoms with van der Waals surface area (Å²) in [5.74, 6) is 1.73. The number of aromatic nitrogens is 1. The number of hydrogen-bond acceptors (Lipinski definition) is 5. The number of fused-ring (bicyclic) bond motifs is 1. The highest BCUT2D eigenvalue weighted by atomic mass is 32.1. The second-order valence-corrected chi connectivity index (χ2v) is 7.90. The molecule has 2 aromatic rings. The number of ether oxygens (including phenoxy) is 1. The van der Waals surface area contributed by atoms with Crippen molar-refractivity contribution in [2.24, 2.45) is 4.99 Å². The van der Waals surface area contributed by atoms with Gasteiger partial charge in [-0.15, -0.1) is 11.3 Å². The zero-order valence-electron chi connectivity index (χ0n) is 16.5. The van der Waals surface area contributed by atoms with Crippen LogP contribution in [0.1, 0.15) is 35.9 Å². The Bertz CT molecular complexity index is 807. The highest BCUT2D eigenvalue weighted by molar-refractivity contribution is 7.09. The number of thiazole rings is 1. The largest absolute Gasteiger partial charge is 0.493 e. The third-order valence-electron chi connectivity index (χ3n) is 4.59. The molecule has 1 amide bonds. The summed E-state index contributed by atoms with van der Waals surface area (Å²) in [5, 5.41) is 9.91. The second-order valence-electron chi connectivity index (χ2n) is 6.98. The minimum absolute atomic E-state index is 0.0403. The number of carbonyl (C=O) groups is 1. The van der Waals surface area contributed by atoms with Crippen LogP contribution in [-0.2, 0) is 4.79 Å². The Kier molecular flexibility index (Phi) is 6.86. The average Bonchev–Trinajstić information content (AvgIpc) is 3.24. The number of guanidine groups is 1. The van der Waals surface area contributed by atoms with E-state index >= 15 is 0 Å². The van der Waals surface area contributed by atoms with Gasteiger partial charge in [-0.05, 0) is 6.07 Å². The van der Waals surface area contributed by atoms with Crippen LogP contribution in [0.5, 0.6) is 5.75 Å². The number of nitrogens with zero attached hydrogens (tertiary/aromatic N) is 3. The molecule has 3 rings (SSSR count). The first-order valence-corrected chi connectivity index (χ1v) is 10.3. The molecule has 2 N–H and O–H groups in total. The molecule has 1 aliphatic rings. The van der Waals surface area contributed by atoms with E-state index in [-0.39, 0.29) is 24.4 Å². The van der Waals surface area contributed by atoms with Gasteiger partial charge in [0.05, 0.1) is 17.7 Å². The van der Waals surface area contributed by atoms with E-state index in [4.69, 9.17) is 4.74 Å². The minimum atomic E-state index is -0.0403. The summed E-state index contributed by atoms with van der Waals surface area (Å²) < 4.78 is 5.74. The van der Waals surface area contributed by atoms with Crippen LogP contribution in [0.2, 0.25) is 0 Å². The van der Waals surface area contributed by atoms with E-state index in [1.807, 2.05) is 29.8 Å². The quantitative estimate of drug-likeness (QED) is 0.574. The third kappa shape index (κ3) is 5.22. The minimum Gasteiger partial charge on any atom is -0.493 e. The summed E-state index contributed by atoms with van der Waals surface area (Å²) in [6.45, 7) is 3.55. The first-order chi connectivity index (χ1) is 13.5. The Morgan fingerprint density at radius 1 is 1.43 bits per heavy atom. The number of hydrogen-bond donors (Lipinski definition) is 2. The zero-order valence-corrected chi connectivity index (χ0v) is 17.3. The lowest BCUT2D eigenvalue weighted by Crippen LogP contribution is -2.43. The standard InChI is InChI=1S/C20H27N5O2S/c1-14(19-21-9-11-28-19)12-22-20(23-13-18(26)25(2)3)24-16-8-10-27-17-7-5-4-6-15(16)17/h4-7,9,11,14,16H,8,10,12-13H2,1-3H3,(H2,22,23,24). The fourth-order valence-corrected chi connectivity index (χ4v) is 3.61. The molecule has 1 aliphatic heterocycles. The summed E-state index contributed by atoms with van der Waals surface area (Å²) in [6.07, 6.45) is 2.65. The van der Waals surface area contributed by atoms with Gasteiger partial charge in [-0.2, -0.15) is 0 Å². The molecule has 28 heavy (non-hydrogen) atoms. The smallest absolute Gasteiger partial charge is 0.243 e. The van der Waals surface area contributed by atoms with Gasteiger partial charge in [0.2, 0.25) is 5.91 Å². The lowest BCUT2D eigenvalue weighted by molar-refractivity contribution is -0.127. The van der Waals surface area contributed by atoms with Crippen LogP contribution in [0.15, 0.2) is 40.8 Å². The average molecular weight is 402 g/mol. The maximum absolute atomic E-state index is 12.0. The maximum atomic E-state index is 12.0. The number of nitrogens with one attached hydrogen (secondary N) is 2. The maximum Gasteiger partial charge on any atom is 0.243 e. The first-order valence-electron chi connectivity index (χ1n) is 9.40. The van der Waals surface area contributed by atoms with Gasteiger partial charge in [-0.1, -0.05) is 25.1 Å². The van der Waals surface area contributed by atoms with Crippen molar-refractivity contribution >= 4 is 23.2 Å². The number of carbonyl (C=O) groups excluding carboxylic acids is 1. The molecular weight excluding hydrogens is 374 g/mol. The van der Waals surface area contributed by atoms with E-state index in [1.54, 1.807) is 30.3 Å². The molecule has 1 aromatic heterocycles. The lowest BCUT2D eigenvalue weighted by atomic mass is 10.0. The Labute approximate surface area is 169 Å². The monoisotopic (exact) mass is 401 g/mol. The highest BCUT2D eigenvalue weighted by Crippen LogP contribution is 2.31. The molecule has 150 valence electrons. The van der Waals surface area contributed by atoms with Gasteiger partial charge >= 0.3 is 0 Å². The van der Waals surface area contributed by atoms with E-state index in [2.05, 4.69) is 33.6 Å². The van der Waals surface area contributed by atoms with Crippen LogP contribution in [0.25, 0.3) is 0 Å². The number of amides is 1. The van der Waals surface area contributed by atoms with Crippen LogP contribution in [0.3, 0.4) is 0 Å². The van der Waals surface area contributed by atoms with Crippen molar-refractivity contribution in [3.63, 3.8) is 0 Å². The van der Waals surface area contributed by atoms with Crippen LogP contribution in [-0.4, -0.2) is 55.5 Å². The molecule has 0 spiro atoms. The first kappa shape index (κ1) is 20.1. The van der Waals surface area contributed by atoms with E-state index < -0.39 is 0 Å². The van der Waals surface area contributed by atoms with Gasteiger partial charge in [0.15, 0.2) is 5.96 Å². The van der Waals surface area contributed by atoms with Crippen molar-refractivity contribution in [3.8, 4) is 5.75 Å². The molecule has 2 heterocycles. The number of para-hydroxylation sites is 1. The fourth-order valence-electron chi connectivity index (χ4n) is 2.91. The summed E-state index contributed by atoms with van der Waals surface area (Å²) >= 11 is 1.64. The van der Waals surface area contributed by atoms with Gasteiger partial charge in [0.25, 0.3) is 0 Å². The summed E-state index contributed by atoms with van der Waals surface area (Å²) in [5.41, 5.74) is 1.11. The van der Waals surface area contributed by atoms with E-state index in [1.165, 1.54) is 0 Å². The van der Waals surface area contributed by atoms with Crippen LogP contribution in [0.4, 0.5) is 0 Å². The van der Waals surface area contributed by atoms with Gasteiger partial charge in [0.1, 0.15) is 12.3 Å². The van der Waals surface area contributed by atoms with Crippen LogP contribution >= 0.6 is 11.3 Å². The van der Waals surface area contributed by atoms with Crippen molar-refractivity contribution < 1.29 is 9.53 Å². The second kappa shape index (κ2) is 9.54. The summed E-state index contributed by atoms with van der Waals surface area (Å²) in [4.78, 5) is 22.4. The Morgan fingerprint density at radius 3 is 3.00 bits per heavy atom. The summed E-state index contributed by atoms with van der Waals surface area (Å²) in [6, 6.07) is 8.10. The van der Waals surface area contributed by atoms with Crippen molar-refractivity contribution in [2.45, 2.75) is 25.3 Å². The van der Waals surface area contributed by atoms with Gasteiger partial charge in [-0.25, -0.2) is 9.98 Å². The van der Waals surface area contributed by atoms with Crippen LogP contribution < -0.4 is 15.4 Å². The number of aliphatic imine (C=N–C) groups is 1. The van der Waals surface area contributed by atoms with E-state index in [0.29, 0.717) is 19.1 Å². The predicted molar refractivity (Wildman–Crippen MR) is 112 cm³/mol. The van der Waals surface area contributed by atoms with Gasteiger partial charge in [-0.3, -0.25) is 4.79 Å². The summed E-state index contributed by atoms with van der Waals surface area (Å²) in [7, 11) is 3.47. The van der Waals surface area contributed by atoms with Crippen LogP contribution in [0, 0.1) is 0 Å². The van der Waals surface area contributed by atoms with E-state index in [9.17, 15) is 4.79 Å². The Balaban J connectivity index is 1.71. The van der Waals surface area contributed by atoms with Crippen molar-refractivity contribution in [1.29, 1.82) is 0 Å². The molecule has 8 heteroatoms. The van der Waals surface area contributed by atoms with Crippen molar-refractivity contribution in [2.75, 3.05) is 33.8 Å². The number of benzene rings is 1. The molecule has 0 saturated heterocycles. The fraction of sp³-hybridized carbons (Fsp3) is 0.450. The molecule has 0 saturated carbocycles. The molecule has 0 aliphatic carbocycles. The van der Waals surface area contributed by atoms with Gasteiger partial charge < -0.3 is 20.3 Å². The molecular formula is C20H27N5O2S. The zero-order chi connectivity index (χ0) is 19.9. The normalized spacial score (nSPS) is 17.2. The molecule has 0 bridgehead atoms. The molecule has 0 radical (unpaired) electrons. The molecule has 2 atom stereocenters. The van der Waals surface area contributed by atoms with Crippen molar-refractivity contribution in [3.05, 3.63) is 46.4 Å². The van der Waals surface area contributed by atoms with E-state index in [0.717, 1.165) is 22.7 Å². The van der Waals surface area contributed by atoms with Crippen molar-refractivity contribution in [1.82, 2.24) is 20.5 Å². The lowest BCUT2D eigenvalue weighted by Gasteiger charge is -2.28.